The molecule has 0 saturated carbocycles. The average Bonchev–Trinajstić information content (AvgIpc) is 2.86. The fraction of sp³-hybridized carbons (Fsp3) is 0.357. The lowest BCUT2D eigenvalue weighted by Crippen LogP contribution is -2.29. The Balaban J connectivity index is 1.77. The molecule has 1 aliphatic rings. The van der Waals surface area contributed by atoms with E-state index in [0.717, 1.165) is 28.9 Å². The van der Waals surface area contributed by atoms with Gasteiger partial charge in [-0.2, -0.15) is 0 Å². The predicted molar refractivity (Wildman–Crippen MR) is 129 cm³/mol. The van der Waals surface area contributed by atoms with Crippen molar-refractivity contribution in [2.24, 2.45) is 0 Å². The van der Waals surface area contributed by atoms with Crippen molar-refractivity contribution in [2.45, 2.75) is 45.0 Å². The molecule has 0 aromatic heterocycles. The van der Waals surface area contributed by atoms with E-state index < -0.39 is 0 Å². The van der Waals surface area contributed by atoms with Crippen LogP contribution in [0, 0.1) is 0 Å². The largest absolute Gasteiger partial charge is 0.493 e. The number of benzene rings is 3. The van der Waals surface area contributed by atoms with Gasteiger partial charge in [0.15, 0.2) is 23.0 Å². The molecule has 4 rings (SSSR count). The molecule has 0 N–H and O–H groups in total. The zero-order valence-electron chi connectivity index (χ0n) is 20.0. The van der Waals surface area contributed by atoms with Gasteiger partial charge in [0.05, 0.1) is 27.4 Å². The van der Waals surface area contributed by atoms with E-state index in [1.807, 2.05) is 36.4 Å². The highest BCUT2D eigenvalue weighted by Gasteiger charge is 2.35. The second-order valence-electron chi connectivity index (χ2n) is 8.26. The maximum atomic E-state index is 6.57. The molecule has 3 aromatic carbocycles. The number of rotatable bonds is 8. The lowest BCUT2D eigenvalue weighted by molar-refractivity contribution is -0.0123. The first-order valence-electron chi connectivity index (χ1n) is 11.4. The van der Waals surface area contributed by atoms with E-state index in [0.29, 0.717) is 23.9 Å². The van der Waals surface area contributed by atoms with Crippen molar-refractivity contribution in [1.82, 2.24) is 0 Å². The number of ether oxygens (including phenoxy) is 5. The highest BCUT2D eigenvalue weighted by molar-refractivity contribution is 5.54. The lowest BCUT2D eigenvalue weighted by atomic mass is 9.81. The smallest absolute Gasteiger partial charge is 0.162 e. The molecule has 0 fully saturated rings. The summed E-state index contributed by atoms with van der Waals surface area (Å²) < 4.78 is 29.5. The fourth-order valence-corrected chi connectivity index (χ4v) is 4.61. The quantitative estimate of drug-likeness (QED) is 0.405. The van der Waals surface area contributed by atoms with Gasteiger partial charge in [0.2, 0.25) is 0 Å². The molecule has 5 heteroatoms. The van der Waals surface area contributed by atoms with Crippen LogP contribution in [0.25, 0.3) is 0 Å². The molecular weight excluding hydrogens is 416 g/mol. The zero-order valence-corrected chi connectivity index (χ0v) is 20.0. The minimum Gasteiger partial charge on any atom is -0.493 e. The van der Waals surface area contributed by atoms with Gasteiger partial charge in [0.1, 0.15) is 12.7 Å². The molecule has 0 aliphatic carbocycles. The summed E-state index contributed by atoms with van der Waals surface area (Å²) in [6, 6.07) is 20.3. The van der Waals surface area contributed by atoms with Gasteiger partial charge in [0.25, 0.3) is 0 Å². The SMILES string of the molecule is CCC1c2cc(OC)c(OCc3ccccc3)cc2C(c2ccc(OC)c(OC)c2)OC1C. The summed E-state index contributed by atoms with van der Waals surface area (Å²) in [7, 11) is 4.97. The molecule has 5 nitrogen and oxygen atoms in total. The van der Waals surface area contributed by atoms with Crippen molar-refractivity contribution in [2.75, 3.05) is 21.3 Å². The van der Waals surface area contributed by atoms with Crippen molar-refractivity contribution in [1.29, 1.82) is 0 Å². The van der Waals surface area contributed by atoms with Gasteiger partial charge in [-0.05, 0) is 59.9 Å². The van der Waals surface area contributed by atoms with E-state index in [4.69, 9.17) is 23.7 Å². The first-order valence-corrected chi connectivity index (χ1v) is 11.4. The van der Waals surface area contributed by atoms with Gasteiger partial charge in [-0.1, -0.05) is 43.3 Å². The van der Waals surface area contributed by atoms with Crippen LogP contribution in [-0.2, 0) is 11.3 Å². The van der Waals surface area contributed by atoms with Crippen LogP contribution >= 0.6 is 0 Å². The van der Waals surface area contributed by atoms with E-state index in [9.17, 15) is 0 Å². The summed E-state index contributed by atoms with van der Waals surface area (Å²) >= 11 is 0. The van der Waals surface area contributed by atoms with E-state index in [2.05, 4.69) is 38.1 Å². The van der Waals surface area contributed by atoms with Crippen LogP contribution in [0.5, 0.6) is 23.0 Å². The fourth-order valence-electron chi connectivity index (χ4n) is 4.61. The first kappa shape index (κ1) is 23.0. The number of methoxy groups -OCH3 is 3. The Kier molecular flexibility index (Phi) is 7.09. The Hall–Kier alpha value is -3.18. The number of fused-ring (bicyclic) bond motifs is 1. The van der Waals surface area contributed by atoms with Crippen LogP contribution < -0.4 is 18.9 Å². The summed E-state index contributed by atoms with van der Waals surface area (Å²) in [6.45, 7) is 4.79. The third-order valence-electron chi connectivity index (χ3n) is 6.36. The van der Waals surface area contributed by atoms with Gasteiger partial charge in [-0.3, -0.25) is 0 Å². The highest BCUT2D eigenvalue weighted by Crippen LogP contribution is 2.47. The van der Waals surface area contributed by atoms with Crippen LogP contribution in [0.4, 0.5) is 0 Å². The molecular formula is C28H32O5. The first-order chi connectivity index (χ1) is 16.1. The van der Waals surface area contributed by atoms with Crippen LogP contribution in [0.2, 0.25) is 0 Å². The molecule has 3 atom stereocenters. The summed E-state index contributed by atoms with van der Waals surface area (Å²) in [5.41, 5.74) is 4.44. The summed E-state index contributed by atoms with van der Waals surface area (Å²) in [4.78, 5) is 0. The summed E-state index contributed by atoms with van der Waals surface area (Å²) in [6.07, 6.45) is 0.782. The summed E-state index contributed by atoms with van der Waals surface area (Å²) in [5, 5.41) is 0. The third kappa shape index (κ3) is 4.64. The van der Waals surface area contributed by atoms with Crippen LogP contribution in [0.1, 0.15) is 54.5 Å². The molecule has 0 spiro atoms. The lowest BCUT2D eigenvalue weighted by Gasteiger charge is -2.37. The molecule has 3 unspecified atom stereocenters. The average molecular weight is 449 g/mol. The second kappa shape index (κ2) is 10.2. The monoisotopic (exact) mass is 448 g/mol. The van der Waals surface area contributed by atoms with Crippen LogP contribution in [0.15, 0.2) is 60.7 Å². The molecule has 1 aliphatic heterocycles. The van der Waals surface area contributed by atoms with Gasteiger partial charge in [-0.15, -0.1) is 0 Å². The molecule has 174 valence electrons. The molecule has 0 amide bonds. The zero-order chi connectivity index (χ0) is 23.4. The van der Waals surface area contributed by atoms with Crippen molar-refractivity contribution >= 4 is 0 Å². The minimum atomic E-state index is -0.248. The second-order valence-corrected chi connectivity index (χ2v) is 8.26. The topological polar surface area (TPSA) is 46.2 Å². The van der Waals surface area contributed by atoms with Crippen LogP contribution in [-0.4, -0.2) is 27.4 Å². The molecule has 0 radical (unpaired) electrons. The van der Waals surface area contributed by atoms with E-state index >= 15 is 0 Å². The molecule has 33 heavy (non-hydrogen) atoms. The maximum absolute atomic E-state index is 6.57. The standard InChI is InChI=1S/C28H32O5/c1-6-21-18(2)33-28(20-12-13-24(29-3)25(14-20)30-4)23-16-27(26(31-5)15-22(21)23)32-17-19-10-8-7-9-11-19/h7-16,18,21,28H,6,17H2,1-5H3. The number of hydrogen-bond acceptors (Lipinski definition) is 5. The normalized spacial score (nSPS) is 19.5. The van der Waals surface area contributed by atoms with E-state index in [1.165, 1.54) is 5.56 Å². The van der Waals surface area contributed by atoms with Gasteiger partial charge < -0.3 is 23.7 Å². The Bertz CT molecular complexity index is 1080. The predicted octanol–water partition coefficient (Wildman–Crippen LogP) is 6.29. The summed E-state index contributed by atoms with van der Waals surface area (Å²) in [5.74, 6) is 3.09. The van der Waals surface area contributed by atoms with Crippen molar-refractivity contribution in [3.05, 3.63) is 82.9 Å². The van der Waals surface area contributed by atoms with E-state index in [-0.39, 0.29) is 18.1 Å². The molecule has 0 bridgehead atoms. The Labute approximate surface area is 196 Å². The van der Waals surface area contributed by atoms with E-state index in [1.54, 1.807) is 21.3 Å². The molecule has 0 saturated heterocycles. The Morgan fingerprint density at radius 2 is 1.42 bits per heavy atom. The van der Waals surface area contributed by atoms with Gasteiger partial charge in [0, 0.05) is 5.92 Å². The highest BCUT2D eigenvalue weighted by atomic mass is 16.5. The van der Waals surface area contributed by atoms with Crippen LogP contribution in [0.3, 0.4) is 0 Å². The third-order valence-corrected chi connectivity index (χ3v) is 6.36. The Morgan fingerprint density at radius 1 is 0.758 bits per heavy atom. The van der Waals surface area contributed by atoms with Crippen molar-refractivity contribution < 1.29 is 23.7 Å². The maximum Gasteiger partial charge on any atom is 0.162 e. The molecule has 3 aromatic rings. The minimum absolute atomic E-state index is 0.0568. The molecule has 1 heterocycles. The van der Waals surface area contributed by atoms with Crippen molar-refractivity contribution in [3.8, 4) is 23.0 Å². The van der Waals surface area contributed by atoms with Gasteiger partial charge >= 0.3 is 0 Å². The number of hydrogen-bond donors (Lipinski definition) is 0. The Morgan fingerprint density at radius 3 is 2.09 bits per heavy atom. The van der Waals surface area contributed by atoms with Crippen molar-refractivity contribution in [3.63, 3.8) is 0 Å². The van der Waals surface area contributed by atoms with Gasteiger partial charge in [-0.25, -0.2) is 0 Å².